The minimum atomic E-state index is 0.937. The maximum Gasteiger partial charge on any atom is 0.00127 e. The molecule has 0 saturated carbocycles. The Morgan fingerprint density at radius 2 is 2.00 bits per heavy atom. The van der Waals surface area contributed by atoms with Crippen LogP contribution in [0.1, 0.15) is 33.6 Å². The molecule has 0 spiro atoms. The van der Waals surface area contributed by atoms with E-state index in [1.165, 1.54) is 32.5 Å². The van der Waals surface area contributed by atoms with Crippen molar-refractivity contribution in [1.82, 2.24) is 4.90 Å². The largest absolute Gasteiger partial charge is 0.303 e. The van der Waals surface area contributed by atoms with Crippen molar-refractivity contribution < 1.29 is 0 Å². The Morgan fingerprint density at radius 3 is 2.45 bits per heavy atom. The molecule has 0 aromatic carbocycles. The number of hydrogen-bond acceptors (Lipinski definition) is 1. The molecule has 1 nitrogen and oxygen atoms in total. The molecule has 11 heavy (non-hydrogen) atoms. The molecule has 66 valence electrons. The van der Waals surface area contributed by atoms with Crippen molar-refractivity contribution in [3.05, 3.63) is 0 Å². The summed E-state index contributed by atoms with van der Waals surface area (Å²) in [5.74, 6) is 1.91. The molecule has 0 amide bonds. The van der Waals surface area contributed by atoms with Crippen LogP contribution in [-0.2, 0) is 0 Å². The van der Waals surface area contributed by atoms with Gasteiger partial charge in [-0.3, -0.25) is 0 Å². The Hall–Kier alpha value is -0.0400. The molecule has 1 rings (SSSR count). The third-order valence-electron chi connectivity index (χ3n) is 2.91. The fourth-order valence-electron chi connectivity index (χ4n) is 2.17. The average molecular weight is 155 g/mol. The van der Waals surface area contributed by atoms with Crippen LogP contribution in [0.15, 0.2) is 0 Å². The van der Waals surface area contributed by atoms with Crippen molar-refractivity contribution in [2.24, 2.45) is 11.8 Å². The highest BCUT2D eigenvalue weighted by molar-refractivity contribution is 4.79. The van der Waals surface area contributed by atoms with E-state index in [-0.39, 0.29) is 0 Å². The van der Waals surface area contributed by atoms with E-state index in [9.17, 15) is 0 Å². The predicted molar refractivity (Wildman–Crippen MR) is 49.7 cm³/mol. The van der Waals surface area contributed by atoms with Crippen LogP contribution in [-0.4, -0.2) is 24.5 Å². The van der Waals surface area contributed by atoms with E-state index < -0.39 is 0 Å². The van der Waals surface area contributed by atoms with Gasteiger partial charge in [0.2, 0.25) is 0 Å². The van der Waals surface area contributed by atoms with Crippen molar-refractivity contribution in [2.45, 2.75) is 33.6 Å². The third kappa shape index (κ3) is 2.19. The summed E-state index contributed by atoms with van der Waals surface area (Å²) < 4.78 is 0. The van der Waals surface area contributed by atoms with Gasteiger partial charge in [-0.25, -0.2) is 0 Å². The highest BCUT2D eigenvalue weighted by atomic mass is 15.1. The molecule has 1 fully saturated rings. The molecule has 1 saturated heterocycles. The van der Waals surface area contributed by atoms with Crippen molar-refractivity contribution >= 4 is 0 Å². The van der Waals surface area contributed by atoms with Crippen LogP contribution in [0.5, 0.6) is 0 Å². The summed E-state index contributed by atoms with van der Waals surface area (Å²) in [6.07, 6.45) is 2.67. The quantitative estimate of drug-likeness (QED) is 0.605. The Bertz CT molecular complexity index is 111. The molecule has 0 aromatic rings. The normalized spacial score (nSPS) is 33.0. The van der Waals surface area contributed by atoms with Gasteiger partial charge in [-0.2, -0.15) is 0 Å². The average Bonchev–Trinajstić information content (AvgIpc) is 2.32. The summed E-state index contributed by atoms with van der Waals surface area (Å²) in [7, 11) is 0. The van der Waals surface area contributed by atoms with Crippen LogP contribution in [0.2, 0.25) is 0 Å². The van der Waals surface area contributed by atoms with Gasteiger partial charge in [-0.1, -0.05) is 27.2 Å². The lowest BCUT2D eigenvalue weighted by Crippen LogP contribution is -2.21. The van der Waals surface area contributed by atoms with Crippen LogP contribution >= 0.6 is 0 Å². The number of rotatable bonds is 3. The molecule has 0 N–H and O–H groups in total. The maximum atomic E-state index is 2.61. The van der Waals surface area contributed by atoms with Crippen molar-refractivity contribution in [2.75, 3.05) is 19.6 Å². The molecule has 2 unspecified atom stereocenters. The highest BCUT2D eigenvalue weighted by Crippen LogP contribution is 2.25. The molecule has 2 atom stereocenters. The fraction of sp³-hybridized carbons (Fsp3) is 1.00. The maximum absolute atomic E-state index is 2.61. The minimum Gasteiger partial charge on any atom is -0.303 e. The molecular formula is C10H21N. The lowest BCUT2D eigenvalue weighted by Gasteiger charge is -2.13. The lowest BCUT2D eigenvalue weighted by atomic mass is 9.96. The Balaban J connectivity index is 2.30. The first kappa shape index (κ1) is 9.05. The molecule has 0 bridgehead atoms. The summed E-state index contributed by atoms with van der Waals surface area (Å²) >= 11 is 0. The van der Waals surface area contributed by atoms with Crippen LogP contribution in [0, 0.1) is 11.8 Å². The second kappa shape index (κ2) is 4.10. The molecule has 1 aliphatic rings. The second-order valence-corrected chi connectivity index (χ2v) is 3.91. The summed E-state index contributed by atoms with van der Waals surface area (Å²) in [5, 5.41) is 0. The Kier molecular flexibility index (Phi) is 3.38. The Morgan fingerprint density at radius 1 is 1.27 bits per heavy atom. The van der Waals surface area contributed by atoms with E-state index >= 15 is 0 Å². The van der Waals surface area contributed by atoms with E-state index in [0.717, 1.165) is 11.8 Å². The number of likely N-dealkylation sites (tertiary alicyclic amines) is 1. The third-order valence-corrected chi connectivity index (χ3v) is 2.91. The zero-order valence-corrected chi connectivity index (χ0v) is 8.14. The van der Waals surface area contributed by atoms with Gasteiger partial charge < -0.3 is 4.90 Å². The van der Waals surface area contributed by atoms with E-state index in [4.69, 9.17) is 0 Å². The smallest absolute Gasteiger partial charge is 0.00127 e. The molecular weight excluding hydrogens is 134 g/mol. The zero-order valence-electron chi connectivity index (χ0n) is 8.14. The lowest BCUT2D eigenvalue weighted by molar-refractivity contribution is 0.322. The second-order valence-electron chi connectivity index (χ2n) is 3.91. The van der Waals surface area contributed by atoms with Gasteiger partial charge in [0, 0.05) is 13.1 Å². The van der Waals surface area contributed by atoms with Crippen LogP contribution in [0.4, 0.5) is 0 Å². The van der Waals surface area contributed by atoms with Crippen molar-refractivity contribution in [3.63, 3.8) is 0 Å². The van der Waals surface area contributed by atoms with E-state index in [1.807, 2.05) is 0 Å². The van der Waals surface area contributed by atoms with Crippen LogP contribution < -0.4 is 0 Å². The fourth-order valence-corrected chi connectivity index (χ4v) is 2.17. The predicted octanol–water partition coefficient (Wildman–Crippen LogP) is 2.37. The van der Waals surface area contributed by atoms with Gasteiger partial charge in [0.25, 0.3) is 0 Å². The Labute approximate surface area is 70.8 Å². The van der Waals surface area contributed by atoms with Gasteiger partial charge in [0.05, 0.1) is 0 Å². The summed E-state index contributed by atoms with van der Waals surface area (Å²) in [4.78, 5) is 2.61. The molecule has 1 heterocycles. The standard InChI is InChI=1S/C10H21N/c1-4-6-11-7-9(3)10(5-2)8-11/h9-10H,4-8H2,1-3H3. The first-order chi connectivity index (χ1) is 5.27. The number of hydrogen-bond donors (Lipinski definition) is 0. The van der Waals surface area contributed by atoms with Gasteiger partial charge in [-0.15, -0.1) is 0 Å². The van der Waals surface area contributed by atoms with Gasteiger partial charge in [-0.05, 0) is 24.8 Å². The first-order valence-corrected chi connectivity index (χ1v) is 5.00. The first-order valence-electron chi connectivity index (χ1n) is 5.00. The van der Waals surface area contributed by atoms with Crippen molar-refractivity contribution in [1.29, 1.82) is 0 Å². The topological polar surface area (TPSA) is 3.24 Å². The molecule has 0 aliphatic carbocycles. The highest BCUT2D eigenvalue weighted by Gasteiger charge is 2.26. The van der Waals surface area contributed by atoms with Crippen molar-refractivity contribution in [3.8, 4) is 0 Å². The van der Waals surface area contributed by atoms with Crippen LogP contribution in [0.25, 0.3) is 0 Å². The SMILES string of the molecule is CCCN1CC(C)C(CC)C1. The van der Waals surface area contributed by atoms with E-state index in [2.05, 4.69) is 25.7 Å². The van der Waals surface area contributed by atoms with Gasteiger partial charge >= 0.3 is 0 Å². The van der Waals surface area contributed by atoms with Gasteiger partial charge in [0.15, 0.2) is 0 Å². The van der Waals surface area contributed by atoms with Crippen LogP contribution in [0.3, 0.4) is 0 Å². The minimum absolute atomic E-state index is 0.937. The molecule has 0 aromatic heterocycles. The molecule has 1 aliphatic heterocycles. The van der Waals surface area contributed by atoms with E-state index in [0.29, 0.717) is 0 Å². The molecule has 1 heteroatoms. The monoisotopic (exact) mass is 155 g/mol. The van der Waals surface area contributed by atoms with Gasteiger partial charge in [0.1, 0.15) is 0 Å². The summed E-state index contributed by atoms with van der Waals surface area (Å²) in [6.45, 7) is 11.0. The summed E-state index contributed by atoms with van der Waals surface area (Å²) in [6, 6.07) is 0. The zero-order chi connectivity index (χ0) is 8.27. The summed E-state index contributed by atoms with van der Waals surface area (Å²) in [5.41, 5.74) is 0. The van der Waals surface area contributed by atoms with E-state index in [1.54, 1.807) is 0 Å². The number of nitrogens with zero attached hydrogens (tertiary/aromatic N) is 1. The molecule has 0 radical (unpaired) electrons.